The van der Waals surface area contributed by atoms with Gasteiger partial charge in [-0.05, 0) is 64.2 Å². The highest BCUT2D eigenvalue weighted by molar-refractivity contribution is 5.71. The van der Waals surface area contributed by atoms with Crippen molar-refractivity contribution in [2.75, 3.05) is 13.2 Å². The van der Waals surface area contributed by atoms with Gasteiger partial charge in [-0.15, -0.1) is 0 Å². The molecule has 0 amide bonds. The minimum Gasteiger partial charge on any atom is -0.462 e. The predicted octanol–water partition coefficient (Wildman–Crippen LogP) is 21.2. The molecule has 6 heteroatoms. The summed E-state index contributed by atoms with van der Waals surface area (Å²) in [7, 11) is 0. The molecule has 418 valence electrons. The highest BCUT2D eigenvalue weighted by atomic mass is 16.6. The van der Waals surface area contributed by atoms with Gasteiger partial charge in [0.1, 0.15) is 13.2 Å². The molecule has 0 aromatic rings. The molecule has 0 N–H and O–H groups in total. The van der Waals surface area contributed by atoms with Crippen LogP contribution in [-0.2, 0) is 28.6 Å². The van der Waals surface area contributed by atoms with E-state index in [0.717, 1.165) is 96.3 Å². The van der Waals surface area contributed by atoms with E-state index in [9.17, 15) is 14.4 Å². The van der Waals surface area contributed by atoms with E-state index in [1.165, 1.54) is 186 Å². The second-order valence-corrected chi connectivity index (χ2v) is 21.0. The molecule has 0 spiro atoms. The van der Waals surface area contributed by atoms with Crippen LogP contribution in [0.4, 0.5) is 0 Å². The van der Waals surface area contributed by atoms with Crippen molar-refractivity contribution in [1.29, 1.82) is 0 Å². The SMILES string of the molecule is CC/C=C\C/C=C\C/C=C\C/C=C\C/C=C\CCCCCC(=O)OC[C@@H](COC(=O)CCCCCCCCCCCCCCCCCCC)OC(=O)CCCCCCCCCCCCCCCCCCCC. The van der Waals surface area contributed by atoms with Crippen molar-refractivity contribution in [2.45, 2.75) is 329 Å². The monoisotopic (exact) mass is 1010 g/mol. The van der Waals surface area contributed by atoms with Gasteiger partial charge in [0.05, 0.1) is 0 Å². The summed E-state index contributed by atoms with van der Waals surface area (Å²) in [6.07, 6.45) is 76.5. The normalized spacial score (nSPS) is 12.4. The third-order valence-electron chi connectivity index (χ3n) is 13.8. The summed E-state index contributed by atoms with van der Waals surface area (Å²) >= 11 is 0. The number of rotatable bonds is 57. The van der Waals surface area contributed by atoms with Crippen LogP contribution in [0.5, 0.6) is 0 Å². The van der Waals surface area contributed by atoms with Crippen LogP contribution in [0.15, 0.2) is 60.8 Å². The zero-order valence-corrected chi connectivity index (χ0v) is 47.9. The van der Waals surface area contributed by atoms with Gasteiger partial charge >= 0.3 is 17.9 Å². The maximum absolute atomic E-state index is 12.9. The minimum absolute atomic E-state index is 0.0802. The van der Waals surface area contributed by atoms with Crippen LogP contribution in [0.3, 0.4) is 0 Å². The zero-order chi connectivity index (χ0) is 52.2. The fourth-order valence-electron chi connectivity index (χ4n) is 9.12. The summed E-state index contributed by atoms with van der Waals surface area (Å²) in [5.74, 6) is -0.893. The highest BCUT2D eigenvalue weighted by Crippen LogP contribution is 2.17. The van der Waals surface area contributed by atoms with Crippen molar-refractivity contribution in [3.05, 3.63) is 60.8 Å². The van der Waals surface area contributed by atoms with E-state index in [-0.39, 0.29) is 31.1 Å². The second-order valence-electron chi connectivity index (χ2n) is 21.0. The van der Waals surface area contributed by atoms with Gasteiger partial charge in [-0.2, -0.15) is 0 Å². The molecule has 72 heavy (non-hydrogen) atoms. The molecule has 0 aliphatic carbocycles. The van der Waals surface area contributed by atoms with Gasteiger partial charge in [0.25, 0.3) is 0 Å². The molecule has 0 fully saturated rings. The van der Waals surface area contributed by atoms with Gasteiger partial charge in [-0.1, -0.05) is 300 Å². The van der Waals surface area contributed by atoms with Crippen LogP contribution >= 0.6 is 0 Å². The van der Waals surface area contributed by atoms with E-state index in [1.54, 1.807) is 0 Å². The first-order valence-electron chi connectivity index (χ1n) is 31.3. The molecule has 0 radical (unpaired) electrons. The van der Waals surface area contributed by atoms with Crippen molar-refractivity contribution in [1.82, 2.24) is 0 Å². The predicted molar refractivity (Wildman–Crippen MR) is 312 cm³/mol. The average Bonchev–Trinajstić information content (AvgIpc) is 3.38. The van der Waals surface area contributed by atoms with E-state index in [2.05, 4.69) is 81.5 Å². The van der Waals surface area contributed by atoms with Gasteiger partial charge in [-0.3, -0.25) is 14.4 Å². The first-order chi connectivity index (χ1) is 35.5. The standard InChI is InChI=1S/C66H118O6/c1-4-7-10-13-16-19-22-25-28-31-33-36-38-41-44-47-50-53-56-59-65(68)71-62-63(61-70-64(67)58-55-52-49-46-43-40-37-34-30-27-24-21-18-15-12-9-6-3)72-66(69)60-57-54-51-48-45-42-39-35-32-29-26-23-20-17-14-11-8-5-2/h7,10,16,19,25,28,33,36,41,44,63H,4-6,8-9,11-15,17-18,20-24,26-27,29-32,34-35,37-40,42-43,45-62H2,1-3H3/b10-7-,19-16-,28-25-,36-33-,44-41-/t63-/m1/s1. The smallest absolute Gasteiger partial charge is 0.306 e. The molecule has 0 saturated carbocycles. The largest absolute Gasteiger partial charge is 0.462 e. The molecular weight excluding hydrogens is 889 g/mol. The maximum Gasteiger partial charge on any atom is 0.306 e. The molecule has 0 aromatic carbocycles. The Morgan fingerprint density at radius 3 is 0.847 bits per heavy atom. The topological polar surface area (TPSA) is 78.9 Å². The number of esters is 3. The molecule has 0 bridgehead atoms. The third-order valence-corrected chi connectivity index (χ3v) is 13.8. The van der Waals surface area contributed by atoms with Gasteiger partial charge in [0.2, 0.25) is 0 Å². The molecular formula is C66H118O6. The summed E-state index contributed by atoms with van der Waals surface area (Å²) in [6.45, 7) is 6.55. The van der Waals surface area contributed by atoms with Crippen LogP contribution < -0.4 is 0 Å². The second kappa shape index (κ2) is 60.7. The highest BCUT2D eigenvalue weighted by Gasteiger charge is 2.19. The number of unbranched alkanes of at least 4 members (excludes halogenated alkanes) is 36. The lowest BCUT2D eigenvalue weighted by Crippen LogP contribution is -2.30. The third kappa shape index (κ3) is 58.0. The van der Waals surface area contributed by atoms with Crippen LogP contribution in [-0.4, -0.2) is 37.2 Å². The Bertz CT molecular complexity index is 1290. The van der Waals surface area contributed by atoms with E-state index in [4.69, 9.17) is 14.2 Å². The Morgan fingerprint density at radius 1 is 0.292 bits per heavy atom. The molecule has 0 unspecified atom stereocenters. The van der Waals surface area contributed by atoms with Crippen molar-refractivity contribution >= 4 is 17.9 Å². The number of hydrogen-bond donors (Lipinski definition) is 0. The number of allylic oxidation sites excluding steroid dienone is 10. The molecule has 0 rings (SSSR count). The number of carbonyl (C=O) groups is 3. The quantitative estimate of drug-likeness (QED) is 0.0261. The van der Waals surface area contributed by atoms with E-state index >= 15 is 0 Å². The summed E-state index contributed by atoms with van der Waals surface area (Å²) in [4.78, 5) is 38.3. The van der Waals surface area contributed by atoms with Crippen LogP contribution in [0.1, 0.15) is 323 Å². The Hall–Kier alpha value is -2.89. The lowest BCUT2D eigenvalue weighted by Gasteiger charge is -2.18. The molecule has 6 nitrogen and oxygen atoms in total. The van der Waals surface area contributed by atoms with Crippen molar-refractivity contribution in [3.8, 4) is 0 Å². The molecule has 0 saturated heterocycles. The fraction of sp³-hybridized carbons (Fsp3) is 0.803. The number of carbonyl (C=O) groups excluding carboxylic acids is 3. The van der Waals surface area contributed by atoms with Gasteiger partial charge in [0.15, 0.2) is 6.10 Å². The van der Waals surface area contributed by atoms with Gasteiger partial charge in [0, 0.05) is 19.3 Å². The van der Waals surface area contributed by atoms with Crippen LogP contribution in [0.2, 0.25) is 0 Å². The molecule has 0 aliphatic rings. The van der Waals surface area contributed by atoms with E-state index in [1.807, 2.05) is 0 Å². The molecule has 1 atom stereocenters. The Labute approximate surface area is 447 Å². The summed E-state index contributed by atoms with van der Waals surface area (Å²) in [6, 6.07) is 0. The zero-order valence-electron chi connectivity index (χ0n) is 47.9. The van der Waals surface area contributed by atoms with E-state index < -0.39 is 6.10 Å². The van der Waals surface area contributed by atoms with Crippen molar-refractivity contribution in [3.63, 3.8) is 0 Å². The lowest BCUT2D eigenvalue weighted by molar-refractivity contribution is -0.167. The maximum atomic E-state index is 12.9. The first-order valence-corrected chi connectivity index (χ1v) is 31.3. The molecule has 0 heterocycles. The number of ether oxygens (including phenoxy) is 3. The average molecular weight is 1010 g/mol. The molecule has 0 aromatic heterocycles. The molecule has 0 aliphatic heterocycles. The Morgan fingerprint density at radius 2 is 0.542 bits per heavy atom. The summed E-state index contributed by atoms with van der Waals surface area (Å²) in [5, 5.41) is 0. The lowest BCUT2D eigenvalue weighted by atomic mass is 10.0. The fourth-order valence-corrected chi connectivity index (χ4v) is 9.12. The minimum atomic E-state index is -0.785. The van der Waals surface area contributed by atoms with Crippen molar-refractivity contribution < 1.29 is 28.6 Å². The van der Waals surface area contributed by atoms with Crippen molar-refractivity contribution in [2.24, 2.45) is 0 Å². The van der Waals surface area contributed by atoms with E-state index in [0.29, 0.717) is 19.3 Å². The van der Waals surface area contributed by atoms with Crippen LogP contribution in [0.25, 0.3) is 0 Å². The summed E-state index contributed by atoms with van der Waals surface area (Å²) < 4.78 is 16.9. The summed E-state index contributed by atoms with van der Waals surface area (Å²) in [5.41, 5.74) is 0. The van der Waals surface area contributed by atoms with Crippen LogP contribution in [0, 0.1) is 0 Å². The number of hydrogen-bond acceptors (Lipinski definition) is 6. The Kier molecular flexibility index (Phi) is 58.2. The van der Waals surface area contributed by atoms with Gasteiger partial charge < -0.3 is 14.2 Å². The first kappa shape index (κ1) is 69.1. The Balaban J connectivity index is 4.40. The van der Waals surface area contributed by atoms with Gasteiger partial charge in [-0.25, -0.2) is 0 Å².